The summed E-state index contributed by atoms with van der Waals surface area (Å²) in [5.41, 5.74) is 1.29. The minimum absolute atomic E-state index is 0.207. The van der Waals surface area contributed by atoms with E-state index in [-0.39, 0.29) is 5.91 Å². The Kier molecular flexibility index (Phi) is 3.75. The Labute approximate surface area is 113 Å². The van der Waals surface area contributed by atoms with Crippen LogP contribution in [0.15, 0.2) is 54.6 Å². The van der Waals surface area contributed by atoms with Crippen LogP contribution in [-0.4, -0.2) is 5.91 Å². The molecule has 0 atom stereocenters. The second-order valence-corrected chi connectivity index (χ2v) is 4.65. The standard InChI is InChI=1S/C13H11IN2O/c14-12-9-5-4-8-11(12)13(17)16(15)10-6-2-1-3-7-10/h1-9H,15H2. The van der Waals surface area contributed by atoms with Gasteiger partial charge in [0.1, 0.15) is 0 Å². The van der Waals surface area contributed by atoms with E-state index in [4.69, 9.17) is 5.84 Å². The van der Waals surface area contributed by atoms with Gasteiger partial charge < -0.3 is 0 Å². The van der Waals surface area contributed by atoms with Gasteiger partial charge in [-0.3, -0.25) is 4.79 Å². The van der Waals surface area contributed by atoms with Crippen molar-refractivity contribution >= 4 is 34.2 Å². The minimum atomic E-state index is -0.207. The average molecular weight is 338 g/mol. The first-order chi connectivity index (χ1) is 8.20. The Morgan fingerprint density at radius 2 is 1.59 bits per heavy atom. The third-order valence-electron chi connectivity index (χ3n) is 2.36. The summed E-state index contributed by atoms with van der Waals surface area (Å²) in [4.78, 5) is 12.2. The third kappa shape index (κ3) is 2.65. The highest BCUT2D eigenvalue weighted by Gasteiger charge is 2.15. The van der Waals surface area contributed by atoms with E-state index in [0.717, 1.165) is 8.58 Å². The van der Waals surface area contributed by atoms with E-state index < -0.39 is 0 Å². The number of nitrogens with two attached hydrogens (primary N) is 1. The molecule has 0 fully saturated rings. The molecular formula is C13H11IN2O. The van der Waals surface area contributed by atoms with Gasteiger partial charge in [-0.25, -0.2) is 10.9 Å². The molecule has 0 aliphatic carbocycles. The summed E-state index contributed by atoms with van der Waals surface area (Å²) >= 11 is 2.13. The summed E-state index contributed by atoms with van der Waals surface area (Å²) in [5.74, 6) is 5.61. The lowest BCUT2D eigenvalue weighted by Gasteiger charge is -2.17. The molecule has 0 radical (unpaired) electrons. The van der Waals surface area contributed by atoms with Crippen LogP contribution < -0.4 is 10.9 Å². The molecule has 0 spiro atoms. The van der Waals surface area contributed by atoms with Gasteiger partial charge in [0.15, 0.2) is 0 Å². The summed E-state index contributed by atoms with van der Waals surface area (Å²) in [7, 11) is 0. The van der Waals surface area contributed by atoms with Gasteiger partial charge in [0, 0.05) is 3.57 Å². The first kappa shape index (κ1) is 12.1. The molecule has 0 bridgehead atoms. The highest BCUT2D eigenvalue weighted by Crippen LogP contribution is 2.17. The molecular weight excluding hydrogens is 327 g/mol. The Morgan fingerprint density at radius 1 is 1.00 bits per heavy atom. The maximum Gasteiger partial charge on any atom is 0.273 e. The number of anilines is 1. The fourth-order valence-electron chi connectivity index (χ4n) is 1.47. The Balaban J connectivity index is 2.30. The summed E-state index contributed by atoms with van der Waals surface area (Å²) in [6.07, 6.45) is 0. The van der Waals surface area contributed by atoms with Crippen molar-refractivity contribution in [3.8, 4) is 0 Å². The summed E-state index contributed by atoms with van der Waals surface area (Å²) < 4.78 is 0.890. The van der Waals surface area contributed by atoms with E-state index in [1.54, 1.807) is 18.2 Å². The van der Waals surface area contributed by atoms with Gasteiger partial charge in [0.2, 0.25) is 0 Å². The number of benzene rings is 2. The number of hydrogen-bond acceptors (Lipinski definition) is 2. The zero-order valence-electron chi connectivity index (χ0n) is 9.01. The van der Waals surface area contributed by atoms with Crippen molar-refractivity contribution in [2.24, 2.45) is 5.84 Å². The van der Waals surface area contributed by atoms with Crippen molar-refractivity contribution in [1.29, 1.82) is 0 Å². The molecule has 0 saturated carbocycles. The molecule has 17 heavy (non-hydrogen) atoms. The molecule has 3 nitrogen and oxygen atoms in total. The number of carbonyl (C=O) groups excluding carboxylic acids is 1. The minimum Gasteiger partial charge on any atom is -0.267 e. The van der Waals surface area contributed by atoms with Crippen molar-refractivity contribution < 1.29 is 4.79 Å². The van der Waals surface area contributed by atoms with Gasteiger partial charge in [-0.1, -0.05) is 30.3 Å². The molecule has 4 heteroatoms. The first-order valence-corrected chi connectivity index (χ1v) is 6.17. The van der Waals surface area contributed by atoms with Crippen molar-refractivity contribution in [3.05, 3.63) is 63.7 Å². The zero-order chi connectivity index (χ0) is 12.3. The second kappa shape index (κ2) is 5.29. The molecule has 0 saturated heterocycles. The SMILES string of the molecule is NN(C(=O)c1ccccc1I)c1ccccc1. The van der Waals surface area contributed by atoms with Crippen molar-refractivity contribution in [3.63, 3.8) is 0 Å². The van der Waals surface area contributed by atoms with Gasteiger partial charge >= 0.3 is 0 Å². The molecule has 2 N–H and O–H groups in total. The fourth-order valence-corrected chi connectivity index (χ4v) is 2.09. The maximum absolute atomic E-state index is 12.2. The topological polar surface area (TPSA) is 46.3 Å². The van der Waals surface area contributed by atoms with Crippen LogP contribution in [0.1, 0.15) is 10.4 Å². The summed E-state index contributed by atoms with van der Waals surface area (Å²) in [6.45, 7) is 0. The van der Waals surface area contributed by atoms with Crippen molar-refractivity contribution in [2.75, 3.05) is 5.01 Å². The molecule has 86 valence electrons. The Hall–Kier alpha value is -1.40. The molecule has 2 aromatic rings. The fraction of sp³-hybridized carbons (Fsp3) is 0. The van der Waals surface area contributed by atoms with Crippen LogP contribution in [0.25, 0.3) is 0 Å². The number of rotatable bonds is 2. The third-order valence-corrected chi connectivity index (χ3v) is 3.30. The second-order valence-electron chi connectivity index (χ2n) is 3.49. The quantitative estimate of drug-likeness (QED) is 0.396. The Morgan fingerprint density at radius 3 is 2.24 bits per heavy atom. The van der Waals surface area contributed by atoms with E-state index in [1.165, 1.54) is 0 Å². The van der Waals surface area contributed by atoms with Crippen LogP contribution in [-0.2, 0) is 0 Å². The van der Waals surface area contributed by atoms with E-state index >= 15 is 0 Å². The number of hydrogen-bond donors (Lipinski definition) is 1. The molecule has 2 aromatic carbocycles. The largest absolute Gasteiger partial charge is 0.273 e. The summed E-state index contributed by atoms with van der Waals surface area (Å²) in [6, 6.07) is 16.5. The number of para-hydroxylation sites is 1. The van der Waals surface area contributed by atoms with E-state index in [1.807, 2.05) is 36.4 Å². The number of nitrogens with zero attached hydrogens (tertiary/aromatic N) is 1. The van der Waals surface area contributed by atoms with E-state index in [9.17, 15) is 4.79 Å². The lowest BCUT2D eigenvalue weighted by Crippen LogP contribution is -2.37. The van der Waals surface area contributed by atoms with Gasteiger partial charge in [0.05, 0.1) is 11.3 Å². The molecule has 2 rings (SSSR count). The number of halogens is 1. The van der Waals surface area contributed by atoms with E-state index in [0.29, 0.717) is 11.3 Å². The molecule has 0 aliphatic heterocycles. The summed E-state index contributed by atoms with van der Waals surface area (Å²) in [5, 5.41) is 1.16. The normalized spacial score (nSPS) is 10.0. The van der Waals surface area contributed by atoms with E-state index in [2.05, 4.69) is 22.6 Å². The zero-order valence-corrected chi connectivity index (χ0v) is 11.2. The average Bonchev–Trinajstić information content (AvgIpc) is 2.39. The number of amides is 1. The van der Waals surface area contributed by atoms with Gasteiger partial charge in [-0.05, 0) is 46.9 Å². The van der Waals surface area contributed by atoms with Crippen LogP contribution in [0.5, 0.6) is 0 Å². The highest BCUT2D eigenvalue weighted by atomic mass is 127. The highest BCUT2D eigenvalue weighted by molar-refractivity contribution is 14.1. The first-order valence-electron chi connectivity index (χ1n) is 5.09. The molecule has 1 amide bonds. The van der Waals surface area contributed by atoms with Gasteiger partial charge in [-0.2, -0.15) is 0 Å². The number of hydrazine groups is 1. The predicted octanol–water partition coefficient (Wildman–Crippen LogP) is 2.81. The van der Waals surface area contributed by atoms with Crippen molar-refractivity contribution in [2.45, 2.75) is 0 Å². The lowest BCUT2D eigenvalue weighted by molar-refractivity contribution is 0.0986. The van der Waals surface area contributed by atoms with Crippen LogP contribution >= 0.6 is 22.6 Å². The molecule has 0 aliphatic rings. The molecule has 0 heterocycles. The molecule has 0 aromatic heterocycles. The molecule has 0 unspecified atom stereocenters. The van der Waals surface area contributed by atoms with Crippen LogP contribution in [0.2, 0.25) is 0 Å². The monoisotopic (exact) mass is 338 g/mol. The van der Waals surface area contributed by atoms with Gasteiger partial charge in [0.25, 0.3) is 5.91 Å². The van der Waals surface area contributed by atoms with Crippen LogP contribution in [0, 0.1) is 3.57 Å². The van der Waals surface area contributed by atoms with Gasteiger partial charge in [-0.15, -0.1) is 0 Å². The van der Waals surface area contributed by atoms with Crippen LogP contribution in [0.4, 0.5) is 5.69 Å². The smallest absolute Gasteiger partial charge is 0.267 e. The maximum atomic E-state index is 12.2. The van der Waals surface area contributed by atoms with Crippen LogP contribution in [0.3, 0.4) is 0 Å². The predicted molar refractivity (Wildman–Crippen MR) is 76.6 cm³/mol. The van der Waals surface area contributed by atoms with Crippen molar-refractivity contribution in [1.82, 2.24) is 0 Å². The Bertz CT molecular complexity index is 528. The number of carbonyl (C=O) groups is 1. The lowest BCUT2D eigenvalue weighted by atomic mass is 10.2.